The van der Waals surface area contributed by atoms with E-state index < -0.39 is 5.41 Å². The van der Waals surface area contributed by atoms with Gasteiger partial charge in [-0.25, -0.2) is 4.39 Å². The van der Waals surface area contributed by atoms with E-state index in [4.69, 9.17) is 5.26 Å². The molecule has 2 heteroatoms. The van der Waals surface area contributed by atoms with Gasteiger partial charge in [0.1, 0.15) is 5.82 Å². The highest BCUT2D eigenvalue weighted by molar-refractivity contribution is 5.42. The first-order valence-corrected chi connectivity index (χ1v) is 5.31. The van der Waals surface area contributed by atoms with Gasteiger partial charge in [0.25, 0.3) is 0 Å². The van der Waals surface area contributed by atoms with Crippen molar-refractivity contribution >= 4 is 0 Å². The Hall–Kier alpha value is -1.36. The Kier molecular flexibility index (Phi) is 2.26. The van der Waals surface area contributed by atoms with Gasteiger partial charge in [-0.1, -0.05) is 32.0 Å². The summed E-state index contributed by atoms with van der Waals surface area (Å²) in [5, 5.41) is 9.05. The third-order valence-electron chi connectivity index (χ3n) is 3.13. The van der Waals surface area contributed by atoms with E-state index in [1.54, 1.807) is 12.1 Å². The summed E-state index contributed by atoms with van der Waals surface area (Å²) in [5.74, 6) is -0.00834. The molecule has 1 aliphatic rings. The largest absolute Gasteiger partial charge is 0.206 e. The van der Waals surface area contributed by atoms with Gasteiger partial charge in [0, 0.05) is 5.56 Å². The standard InChI is InChI=1S/C13H14FN/c1-9(2)10-4-3-5-11(12(10)14)13(8-15)6-7-13/h3-5,9H,6-7H2,1-2H3. The van der Waals surface area contributed by atoms with Crippen molar-refractivity contribution in [2.75, 3.05) is 0 Å². The molecule has 0 heterocycles. The lowest BCUT2D eigenvalue weighted by molar-refractivity contribution is 0.573. The van der Waals surface area contributed by atoms with Crippen molar-refractivity contribution < 1.29 is 4.39 Å². The fourth-order valence-electron chi connectivity index (χ4n) is 1.93. The van der Waals surface area contributed by atoms with Crippen LogP contribution in [0.1, 0.15) is 43.7 Å². The van der Waals surface area contributed by atoms with Crippen molar-refractivity contribution in [1.82, 2.24) is 0 Å². The molecule has 0 spiro atoms. The number of rotatable bonds is 2. The molecule has 15 heavy (non-hydrogen) atoms. The monoisotopic (exact) mass is 203 g/mol. The molecule has 1 saturated carbocycles. The van der Waals surface area contributed by atoms with Crippen LogP contribution < -0.4 is 0 Å². The van der Waals surface area contributed by atoms with Crippen LogP contribution in [0.2, 0.25) is 0 Å². The minimum absolute atomic E-state index is 0.166. The van der Waals surface area contributed by atoms with E-state index >= 15 is 0 Å². The number of nitrogens with zero attached hydrogens (tertiary/aromatic N) is 1. The molecule has 1 nitrogen and oxygen atoms in total. The molecular weight excluding hydrogens is 189 g/mol. The topological polar surface area (TPSA) is 23.8 Å². The Bertz CT molecular complexity index is 425. The summed E-state index contributed by atoms with van der Waals surface area (Å²) in [7, 11) is 0. The molecule has 0 unspecified atom stereocenters. The minimum Gasteiger partial charge on any atom is -0.206 e. The second-order valence-electron chi connectivity index (χ2n) is 4.56. The molecule has 0 amide bonds. The molecule has 0 N–H and O–H groups in total. The Balaban J connectivity index is 2.51. The van der Waals surface area contributed by atoms with Crippen molar-refractivity contribution in [3.8, 4) is 6.07 Å². The van der Waals surface area contributed by atoms with Crippen LogP contribution in [-0.2, 0) is 5.41 Å². The molecule has 0 radical (unpaired) electrons. The Labute approximate surface area is 89.5 Å². The summed E-state index contributed by atoms with van der Waals surface area (Å²) in [6, 6.07) is 7.64. The third kappa shape index (κ3) is 1.52. The molecule has 0 aromatic heterocycles. The molecule has 1 aromatic rings. The van der Waals surface area contributed by atoms with Crippen LogP contribution in [0.25, 0.3) is 0 Å². The second kappa shape index (κ2) is 3.34. The van der Waals surface area contributed by atoms with Crippen molar-refractivity contribution in [1.29, 1.82) is 5.26 Å². The van der Waals surface area contributed by atoms with Gasteiger partial charge in [-0.3, -0.25) is 0 Å². The van der Waals surface area contributed by atoms with Crippen LogP contribution in [0.3, 0.4) is 0 Å². The quantitative estimate of drug-likeness (QED) is 0.721. The van der Waals surface area contributed by atoms with Gasteiger partial charge in [0.05, 0.1) is 11.5 Å². The lowest BCUT2D eigenvalue weighted by atomic mass is 9.92. The molecule has 0 saturated heterocycles. The van der Waals surface area contributed by atoms with Crippen LogP contribution in [0, 0.1) is 17.1 Å². The normalized spacial score (nSPS) is 17.5. The van der Waals surface area contributed by atoms with Crippen molar-refractivity contribution in [3.63, 3.8) is 0 Å². The van der Waals surface area contributed by atoms with Gasteiger partial charge in [-0.05, 0) is 24.3 Å². The maximum atomic E-state index is 14.1. The highest BCUT2D eigenvalue weighted by Crippen LogP contribution is 2.49. The van der Waals surface area contributed by atoms with Gasteiger partial charge in [-0.15, -0.1) is 0 Å². The summed E-state index contributed by atoms with van der Waals surface area (Å²) in [6.45, 7) is 3.93. The zero-order chi connectivity index (χ0) is 11.1. The Morgan fingerprint density at radius 1 is 1.40 bits per heavy atom. The van der Waals surface area contributed by atoms with E-state index in [1.807, 2.05) is 19.9 Å². The zero-order valence-electron chi connectivity index (χ0n) is 9.05. The lowest BCUT2D eigenvalue weighted by Gasteiger charge is -2.13. The first kappa shape index (κ1) is 10.2. The summed E-state index contributed by atoms with van der Waals surface area (Å²) in [4.78, 5) is 0. The van der Waals surface area contributed by atoms with Crippen LogP contribution in [-0.4, -0.2) is 0 Å². The predicted molar refractivity (Wildman–Crippen MR) is 57.0 cm³/mol. The fourth-order valence-corrected chi connectivity index (χ4v) is 1.93. The van der Waals surface area contributed by atoms with Crippen LogP contribution in [0.4, 0.5) is 4.39 Å². The number of halogens is 1. The number of nitriles is 1. The van der Waals surface area contributed by atoms with Gasteiger partial charge < -0.3 is 0 Å². The molecule has 1 aromatic carbocycles. The predicted octanol–water partition coefficient (Wildman–Crippen LogP) is 3.50. The van der Waals surface area contributed by atoms with Gasteiger partial charge >= 0.3 is 0 Å². The van der Waals surface area contributed by atoms with Gasteiger partial charge in [-0.2, -0.15) is 5.26 Å². The Morgan fingerprint density at radius 3 is 2.53 bits per heavy atom. The SMILES string of the molecule is CC(C)c1cccc(C2(C#N)CC2)c1F. The van der Waals surface area contributed by atoms with Gasteiger partial charge in [0.15, 0.2) is 0 Å². The lowest BCUT2D eigenvalue weighted by Crippen LogP contribution is -2.08. The number of hydrogen-bond acceptors (Lipinski definition) is 1. The smallest absolute Gasteiger partial charge is 0.131 e. The first-order chi connectivity index (χ1) is 7.10. The maximum Gasteiger partial charge on any atom is 0.131 e. The molecule has 0 bridgehead atoms. The third-order valence-corrected chi connectivity index (χ3v) is 3.13. The minimum atomic E-state index is -0.519. The van der Waals surface area contributed by atoms with Crippen LogP contribution in [0.5, 0.6) is 0 Å². The highest BCUT2D eigenvalue weighted by Gasteiger charge is 2.47. The van der Waals surface area contributed by atoms with Crippen molar-refractivity contribution in [2.45, 2.75) is 38.0 Å². The van der Waals surface area contributed by atoms with E-state index in [9.17, 15) is 4.39 Å². The van der Waals surface area contributed by atoms with Crippen LogP contribution in [0.15, 0.2) is 18.2 Å². The molecule has 78 valence electrons. The maximum absolute atomic E-state index is 14.1. The van der Waals surface area contributed by atoms with E-state index in [0.717, 1.165) is 12.8 Å². The number of benzene rings is 1. The first-order valence-electron chi connectivity index (χ1n) is 5.31. The Morgan fingerprint density at radius 2 is 2.07 bits per heavy atom. The second-order valence-corrected chi connectivity index (χ2v) is 4.56. The van der Waals surface area contributed by atoms with Crippen molar-refractivity contribution in [3.05, 3.63) is 35.1 Å². The molecule has 0 aliphatic heterocycles. The van der Waals surface area contributed by atoms with E-state index in [1.165, 1.54) is 0 Å². The zero-order valence-corrected chi connectivity index (χ0v) is 9.05. The summed E-state index contributed by atoms with van der Waals surface area (Å²) in [5.41, 5.74) is 0.792. The average Bonchev–Trinajstić information content (AvgIpc) is 2.98. The molecule has 1 aliphatic carbocycles. The highest BCUT2D eigenvalue weighted by atomic mass is 19.1. The summed E-state index contributed by atoms with van der Waals surface area (Å²) < 4.78 is 14.1. The van der Waals surface area contributed by atoms with E-state index in [2.05, 4.69) is 6.07 Å². The molecule has 1 fully saturated rings. The molecule has 0 atom stereocenters. The number of hydrogen-bond donors (Lipinski definition) is 0. The van der Waals surface area contributed by atoms with E-state index in [0.29, 0.717) is 11.1 Å². The summed E-state index contributed by atoms with van der Waals surface area (Å²) >= 11 is 0. The van der Waals surface area contributed by atoms with E-state index in [-0.39, 0.29) is 11.7 Å². The average molecular weight is 203 g/mol. The summed E-state index contributed by atoms with van der Waals surface area (Å²) in [6.07, 6.45) is 1.59. The van der Waals surface area contributed by atoms with Crippen LogP contribution >= 0.6 is 0 Å². The fraction of sp³-hybridized carbons (Fsp3) is 0.462. The van der Waals surface area contributed by atoms with Gasteiger partial charge in [0.2, 0.25) is 0 Å². The molecule has 2 rings (SSSR count). The molecular formula is C13H14FN. The van der Waals surface area contributed by atoms with Crippen molar-refractivity contribution in [2.24, 2.45) is 0 Å².